The number of carboxylic acids is 1. The van der Waals surface area contributed by atoms with Crippen LogP contribution in [0.1, 0.15) is 36.0 Å². The standard InChI is InChI=1S/C13H17N3O2/c17-13(18)11-5-6-14-15-12(11)16(7-9-1-2-9)8-10-3-4-10/h5-6,9-10H,1-4,7-8H2,(H,17,18). The van der Waals surface area contributed by atoms with Crippen LogP contribution in [0.3, 0.4) is 0 Å². The number of anilines is 1. The summed E-state index contributed by atoms with van der Waals surface area (Å²) in [4.78, 5) is 13.4. The van der Waals surface area contributed by atoms with Gasteiger partial charge in [-0.25, -0.2) is 4.79 Å². The lowest BCUT2D eigenvalue weighted by Gasteiger charge is -2.24. The molecule has 0 amide bonds. The van der Waals surface area contributed by atoms with E-state index >= 15 is 0 Å². The number of aromatic carboxylic acids is 1. The zero-order valence-electron chi connectivity index (χ0n) is 10.2. The molecule has 1 aromatic rings. The monoisotopic (exact) mass is 247 g/mol. The van der Waals surface area contributed by atoms with Gasteiger partial charge in [-0.05, 0) is 43.6 Å². The first-order valence-corrected chi connectivity index (χ1v) is 6.54. The third-order valence-electron chi connectivity index (χ3n) is 3.58. The first kappa shape index (κ1) is 11.4. The molecule has 0 bridgehead atoms. The third-order valence-corrected chi connectivity index (χ3v) is 3.58. The van der Waals surface area contributed by atoms with Crippen molar-refractivity contribution in [1.82, 2.24) is 10.2 Å². The fourth-order valence-electron chi connectivity index (χ4n) is 2.20. The van der Waals surface area contributed by atoms with Crippen LogP contribution in [0.2, 0.25) is 0 Å². The highest BCUT2D eigenvalue weighted by atomic mass is 16.4. The molecule has 0 radical (unpaired) electrons. The van der Waals surface area contributed by atoms with E-state index in [2.05, 4.69) is 15.1 Å². The minimum atomic E-state index is -0.920. The lowest BCUT2D eigenvalue weighted by Crippen LogP contribution is -2.30. The van der Waals surface area contributed by atoms with Crippen molar-refractivity contribution < 1.29 is 9.90 Å². The lowest BCUT2D eigenvalue weighted by molar-refractivity contribution is 0.0697. The summed E-state index contributed by atoms with van der Waals surface area (Å²) in [6.45, 7) is 1.85. The minimum Gasteiger partial charge on any atom is -0.478 e. The summed E-state index contributed by atoms with van der Waals surface area (Å²) in [7, 11) is 0. The maximum Gasteiger partial charge on any atom is 0.339 e. The predicted molar refractivity (Wildman–Crippen MR) is 66.7 cm³/mol. The van der Waals surface area contributed by atoms with E-state index in [0.29, 0.717) is 17.7 Å². The molecule has 1 heterocycles. The average molecular weight is 247 g/mol. The number of hydrogen-bond acceptors (Lipinski definition) is 4. The van der Waals surface area contributed by atoms with Gasteiger partial charge in [0.25, 0.3) is 0 Å². The molecule has 2 aliphatic carbocycles. The van der Waals surface area contributed by atoms with Crippen LogP contribution in [-0.4, -0.2) is 34.4 Å². The van der Waals surface area contributed by atoms with Crippen molar-refractivity contribution in [1.29, 1.82) is 0 Å². The van der Waals surface area contributed by atoms with Crippen molar-refractivity contribution in [2.45, 2.75) is 25.7 Å². The molecule has 1 aromatic heterocycles. The minimum absolute atomic E-state index is 0.270. The molecule has 96 valence electrons. The topological polar surface area (TPSA) is 66.3 Å². The normalized spacial score (nSPS) is 18.7. The smallest absolute Gasteiger partial charge is 0.339 e. The number of carbonyl (C=O) groups is 1. The largest absolute Gasteiger partial charge is 0.478 e. The maximum atomic E-state index is 11.2. The second-order valence-corrected chi connectivity index (χ2v) is 5.37. The molecule has 1 N–H and O–H groups in total. The van der Waals surface area contributed by atoms with E-state index in [-0.39, 0.29) is 5.56 Å². The Morgan fingerprint density at radius 3 is 2.39 bits per heavy atom. The van der Waals surface area contributed by atoms with E-state index in [1.54, 1.807) is 0 Å². The van der Waals surface area contributed by atoms with Crippen LogP contribution < -0.4 is 4.90 Å². The van der Waals surface area contributed by atoms with Crippen molar-refractivity contribution in [3.8, 4) is 0 Å². The number of aromatic nitrogens is 2. The molecule has 3 rings (SSSR count). The Bertz CT molecular complexity index is 441. The maximum absolute atomic E-state index is 11.2. The van der Waals surface area contributed by atoms with Gasteiger partial charge in [0.05, 0.1) is 6.20 Å². The van der Waals surface area contributed by atoms with Crippen LogP contribution in [0, 0.1) is 11.8 Å². The molecular formula is C13H17N3O2. The molecule has 5 nitrogen and oxygen atoms in total. The molecule has 2 aliphatic rings. The Labute approximate surface area is 106 Å². The summed E-state index contributed by atoms with van der Waals surface area (Å²) in [5.41, 5.74) is 0.270. The second kappa shape index (κ2) is 4.55. The highest BCUT2D eigenvalue weighted by molar-refractivity contribution is 5.93. The van der Waals surface area contributed by atoms with Crippen LogP contribution in [0.5, 0.6) is 0 Å². The van der Waals surface area contributed by atoms with Gasteiger partial charge in [0.2, 0.25) is 0 Å². The molecule has 2 saturated carbocycles. The molecule has 18 heavy (non-hydrogen) atoms. The van der Waals surface area contributed by atoms with Crippen molar-refractivity contribution in [3.63, 3.8) is 0 Å². The van der Waals surface area contributed by atoms with E-state index in [1.807, 2.05) is 0 Å². The van der Waals surface area contributed by atoms with E-state index < -0.39 is 5.97 Å². The van der Waals surface area contributed by atoms with Crippen molar-refractivity contribution in [3.05, 3.63) is 17.8 Å². The van der Waals surface area contributed by atoms with Gasteiger partial charge in [-0.2, -0.15) is 5.10 Å². The van der Waals surface area contributed by atoms with Gasteiger partial charge in [0.15, 0.2) is 5.82 Å². The fourth-order valence-corrected chi connectivity index (χ4v) is 2.20. The molecule has 0 aliphatic heterocycles. The van der Waals surface area contributed by atoms with Crippen LogP contribution in [-0.2, 0) is 0 Å². The van der Waals surface area contributed by atoms with Crippen LogP contribution in [0.4, 0.5) is 5.82 Å². The Morgan fingerprint density at radius 1 is 1.28 bits per heavy atom. The van der Waals surface area contributed by atoms with E-state index in [9.17, 15) is 9.90 Å². The van der Waals surface area contributed by atoms with Crippen LogP contribution in [0.15, 0.2) is 12.3 Å². The third kappa shape index (κ3) is 2.60. The average Bonchev–Trinajstić information content (AvgIpc) is 3.23. The Balaban J connectivity index is 1.84. The molecular weight excluding hydrogens is 230 g/mol. The Morgan fingerprint density at radius 2 is 1.89 bits per heavy atom. The van der Waals surface area contributed by atoms with Gasteiger partial charge in [0.1, 0.15) is 5.56 Å². The summed E-state index contributed by atoms with van der Waals surface area (Å²) < 4.78 is 0. The summed E-state index contributed by atoms with van der Waals surface area (Å²) in [6.07, 6.45) is 6.46. The van der Waals surface area contributed by atoms with Gasteiger partial charge < -0.3 is 10.0 Å². The van der Waals surface area contributed by atoms with Gasteiger partial charge in [-0.3, -0.25) is 0 Å². The van der Waals surface area contributed by atoms with Gasteiger partial charge in [-0.15, -0.1) is 5.10 Å². The molecule has 0 spiro atoms. The Kier molecular flexibility index (Phi) is 2.89. The fraction of sp³-hybridized carbons (Fsp3) is 0.615. The summed E-state index contributed by atoms with van der Waals surface area (Å²) in [5.74, 6) is 1.06. The second-order valence-electron chi connectivity index (χ2n) is 5.37. The lowest BCUT2D eigenvalue weighted by atomic mass is 10.2. The zero-order chi connectivity index (χ0) is 12.5. The first-order chi connectivity index (χ1) is 8.74. The van der Waals surface area contributed by atoms with Crippen molar-refractivity contribution in [2.24, 2.45) is 11.8 Å². The van der Waals surface area contributed by atoms with Gasteiger partial charge >= 0.3 is 5.97 Å². The first-order valence-electron chi connectivity index (χ1n) is 6.54. The van der Waals surface area contributed by atoms with Crippen molar-refractivity contribution >= 4 is 11.8 Å². The number of hydrogen-bond donors (Lipinski definition) is 1. The summed E-state index contributed by atoms with van der Waals surface area (Å²) in [5, 5.41) is 17.1. The molecule has 0 saturated heterocycles. The SMILES string of the molecule is O=C(O)c1ccnnc1N(CC1CC1)CC1CC1. The number of rotatable bonds is 6. The molecule has 0 unspecified atom stereocenters. The van der Waals surface area contributed by atoms with E-state index in [4.69, 9.17) is 0 Å². The van der Waals surface area contributed by atoms with Crippen LogP contribution >= 0.6 is 0 Å². The molecule has 2 fully saturated rings. The van der Waals surface area contributed by atoms with E-state index in [0.717, 1.165) is 13.1 Å². The van der Waals surface area contributed by atoms with Crippen molar-refractivity contribution in [2.75, 3.05) is 18.0 Å². The van der Waals surface area contributed by atoms with Crippen LogP contribution in [0.25, 0.3) is 0 Å². The summed E-state index contributed by atoms with van der Waals surface area (Å²) >= 11 is 0. The molecule has 0 aromatic carbocycles. The number of carboxylic acid groups (broad SMARTS) is 1. The quantitative estimate of drug-likeness (QED) is 0.830. The molecule has 5 heteroatoms. The summed E-state index contributed by atoms with van der Waals surface area (Å²) in [6, 6.07) is 1.54. The highest BCUT2D eigenvalue weighted by Crippen LogP contribution is 2.35. The van der Waals surface area contributed by atoms with Gasteiger partial charge in [-0.1, -0.05) is 0 Å². The zero-order valence-corrected chi connectivity index (χ0v) is 10.2. The van der Waals surface area contributed by atoms with E-state index in [1.165, 1.54) is 37.9 Å². The number of nitrogens with zero attached hydrogens (tertiary/aromatic N) is 3. The molecule has 0 atom stereocenters. The van der Waals surface area contributed by atoms with Gasteiger partial charge in [0, 0.05) is 13.1 Å². The predicted octanol–water partition coefficient (Wildman–Crippen LogP) is 1.80. The Hall–Kier alpha value is -1.65. The highest BCUT2D eigenvalue weighted by Gasteiger charge is 2.31.